The third kappa shape index (κ3) is 4.27. The molecule has 0 unspecified atom stereocenters. The summed E-state index contributed by atoms with van der Waals surface area (Å²) in [6, 6.07) is 0. The van der Waals surface area contributed by atoms with Gasteiger partial charge in [0.2, 0.25) is 5.82 Å². The number of nitrogens with zero attached hydrogens (tertiary/aromatic N) is 4. The van der Waals surface area contributed by atoms with Crippen LogP contribution < -0.4 is 10.1 Å². The van der Waals surface area contributed by atoms with Crippen LogP contribution in [-0.4, -0.2) is 53.6 Å². The Hall–Kier alpha value is -1.96. The molecule has 1 aromatic heterocycles. The van der Waals surface area contributed by atoms with Gasteiger partial charge in [-0.25, -0.2) is 4.98 Å². The van der Waals surface area contributed by atoms with Crippen molar-refractivity contribution in [1.82, 2.24) is 14.9 Å². The minimum atomic E-state index is -0.476. The third-order valence-corrected chi connectivity index (χ3v) is 3.35. The largest absolute Gasteiger partial charge is 0.473 e. The van der Waals surface area contributed by atoms with Crippen LogP contribution in [0.4, 0.5) is 11.5 Å². The highest BCUT2D eigenvalue weighted by Gasteiger charge is 2.32. The molecule has 1 aliphatic carbocycles. The maximum Gasteiger partial charge on any atom is 0.372 e. The van der Waals surface area contributed by atoms with Gasteiger partial charge >= 0.3 is 5.69 Å². The minimum absolute atomic E-state index is 0.0690. The van der Waals surface area contributed by atoms with Crippen molar-refractivity contribution in [3.05, 3.63) is 15.9 Å². The van der Waals surface area contributed by atoms with Crippen molar-refractivity contribution in [3.63, 3.8) is 0 Å². The standard InChI is InChI=1S/C14H23N5O3/c1-4-22-14-11(19(20)21)13(15-8-5-9-18(2)3)16-12(17-14)10-6-7-10/h10H,4-9H2,1-3H3,(H,15,16,17). The number of rotatable bonds is 9. The van der Waals surface area contributed by atoms with Crippen molar-refractivity contribution in [1.29, 1.82) is 0 Å². The molecule has 0 saturated heterocycles. The fourth-order valence-corrected chi connectivity index (χ4v) is 2.10. The number of anilines is 1. The normalized spacial score (nSPS) is 14.2. The minimum Gasteiger partial charge on any atom is -0.473 e. The summed E-state index contributed by atoms with van der Waals surface area (Å²) in [4.78, 5) is 21.5. The number of nitro groups is 1. The average Bonchev–Trinajstić information content (AvgIpc) is 3.27. The Kier molecular flexibility index (Phi) is 5.48. The number of nitrogens with one attached hydrogen (secondary N) is 1. The first-order valence-electron chi connectivity index (χ1n) is 7.60. The van der Waals surface area contributed by atoms with Crippen molar-refractivity contribution in [2.45, 2.75) is 32.1 Å². The molecule has 22 heavy (non-hydrogen) atoms. The summed E-state index contributed by atoms with van der Waals surface area (Å²) >= 11 is 0. The van der Waals surface area contributed by atoms with E-state index >= 15 is 0 Å². The van der Waals surface area contributed by atoms with Crippen molar-refractivity contribution >= 4 is 11.5 Å². The zero-order valence-electron chi connectivity index (χ0n) is 13.3. The molecule has 0 bridgehead atoms. The molecular weight excluding hydrogens is 286 g/mol. The van der Waals surface area contributed by atoms with Crippen LogP contribution in [-0.2, 0) is 0 Å². The van der Waals surface area contributed by atoms with E-state index in [1.54, 1.807) is 6.92 Å². The molecule has 0 atom stereocenters. The molecule has 0 aromatic carbocycles. The van der Waals surface area contributed by atoms with Gasteiger partial charge in [0.25, 0.3) is 5.88 Å². The van der Waals surface area contributed by atoms with Crippen molar-refractivity contribution < 1.29 is 9.66 Å². The maximum absolute atomic E-state index is 11.4. The van der Waals surface area contributed by atoms with Crippen LogP contribution in [0.5, 0.6) is 5.88 Å². The molecule has 0 spiro atoms. The highest BCUT2D eigenvalue weighted by Crippen LogP contribution is 2.41. The first-order chi connectivity index (χ1) is 10.5. The lowest BCUT2D eigenvalue weighted by Crippen LogP contribution is -2.17. The van der Waals surface area contributed by atoms with Crippen LogP contribution >= 0.6 is 0 Å². The molecule has 1 aliphatic rings. The molecule has 8 heteroatoms. The molecule has 1 fully saturated rings. The second-order valence-electron chi connectivity index (χ2n) is 5.63. The van der Waals surface area contributed by atoms with Crippen LogP contribution in [0.15, 0.2) is 0 Å². The van der Waals surface area contributed by atoms with Gasteiger partial charge in [-0.3, -0.25) is 10.1 Å². The molecule has 122 valence electrons. The van der Waals surface area contributed by atoms with E-state index in [0.717, 1.165) is 25.8 Å². The summed E-state index contributed by atoms with van der Waals surface area (Å²) < 4.78 is 5.36. The van der Waals surface area contributed by atoms with Gasteiger partial charge in [0, 0.05) is 12.5 Å². The lowest BCUT2D eigenvalue weighted by molar-refractivity contribution is -0.385. The molecule has 0 amide bonds. The Bertz CT molecular complexity index is 531. The Morgan fingerprint density at radius 3 is 2.68 bits per heavy atom. The number of hydrogen-bond acceptors (Lipinski definition) is 7. The molecule has 2 rings (SSSR count). The second-order valence-corrected chi connectivity index (χ2v) is 5.63. The van der Waals surface area contributed by atoms with E-state index in [2.05, 4.69) is 20.2 Å². The van der Waals surface area contributed by atoms with E-state index in [9.17, 15) is 10.1 Å². The average molecular weight is 309 g/mol. The summed E-state index contributed by atoms with van der Waals surface area (Å²) in [6.45, 7) is 3.64. The SMILES string of the molecule is CCOc1nc(C2CC2)nc(NCCCN(C)C)c1[N+](=O)[O-]. The van der Waals surface area contributed by atoms with Crippen molar-refractivity contribution in [2.75, 3.05) is 39.1 Å². The van der Waals surface area contributed by atoms with Crippen LogP contribution in [0.3, 0.4) is 0 Å². The summed E-state index contributed by atoms with van der Waals surface area (Å²) in [7, 11) is 3.98. The quantitative estimate of drug-likeness (QED) is 0.423. The van der Waals surface area contributed by atoms with Crippen LogP contribution in [0.1, 0.15) is 37.9 Å². The summed E-state index contributed by atoms with van der Waals surface area (Å²) in [6.07, 6.45) is 2.93. The molecule has 1 heterocycles. The summed E-state index contributed by atoms with van der Waals surface area (Å²) in [5.74, 6) is 1.29. The van der Waals surface area contributed by atoms with Crippen LogP contribution in [0.2, 0.25) is 0 Å². The highest BCUT2D eigenvalue weighted by atomic mass is 16.6. The van der Waals surface area contributed by atoms with Gasteiger partial charge < -0.3 is 15.0 Å². The van der Waals surface area contributed by atoms with Gasteiger partial charge in [0.15, 0.2) is 0 Å². The van der Waals surface area contributed by atoms with Gasteiger partial charge in [0.05, 0.1) is 11.5 Å². The van der Waals surface area contributed by atoms with Gasteiger partial charge in [-0.05, 0) is 46.8 Å². The van der Waals surface area contributed by atoms with E-state index in [1.807, 2.05) is 14.1 Å². The maximum atomic E-state index is 11.4. The van der Waals surface area contributed by atoms with Crippen molar-refractivity contribution in [3.8, 4) is 5.88 Å². The molecular formula is C14H23N5O3. The van der Waals surface area contributed by atoms with E-state index in [0.29, 0.717) is 24.9 Å². The van der Waals surface area contributed by atoms with E-state index < -0.39 is 4.92 Å². The summed E-state index contributed by atoms with van der Waals surface area (Å²) in [5, 5.41) is 14.4. The summed E-state index contributed by atoms with van der Waals surface area (Å²) in [5.41, 5.74) is -0.170. The van der Waals surface area contributed by atoms with Gasteiger partial charge in [0.1, 0.15) is 5.82 Å². The predicted octanol–water partition coefficient (Wildman–Crippen LogP) is 2.02. The zero-order chi connectivity index (χ0) is 16.1. The molecule has 0 radical (unpaired) electrons. The molecule has 1 aromatic rings. The lowest BCUT2D eigenvalue weighted by Gasteiger charge is -2.12. The highest BCUT2D eigenvalue weighted by molar-refractivity contribution is 5.62. The Balaban J connectivity index is 2.21. The number of ether oxygens (including phenoxy) is 1. The predicted molar refractivity (Wildman–Crippen MR) is 83.5 cm³/mol. The topological polar surface area (TPSA) is 93.4 Å². The Morgan fingerprint density at radius 1 is 1.41 bits per heavy atom. The monoisotopic (exact) mass is 309 g/mol. The van der Waals surface area contributed by atoms with Crippen molar-refractivity contribution in [2.24, 2.45) is 0 Å². The molecule has 0 aliphatic heterocycles. The van der Waals surface area contributed by atoms with Gasteiger partial charge in [-0.1, -0.05) is 0 Å². The number of hydrogen-bond donors (Lipinski definition) is 1. The van der Waals surface area contributed by atoms with E-state index in [1.165, 1.54) is 0 Å². The van der Waals surface area contributed by atoms with E-state index in [4.69, 9.17) is 4.74 Å². The first kappa shape index (κ1) is 16.4. The van der Waals surface area contributed by atoms with Gasteiger partial charge in [-0.2, -0.15) is 4.98 Å². The molecule has 1 saturated carbocycles. The Morgan fingerprint density at radius 2 is 2.14 bits per heavy atom. The van der Waals surface area contributed by atoms with Crippen LogP contribution in [0, 0.1) is 10.1 Å². The first-order valence-corrected chi connectivity index (χ1v) is 7.60. The fraction of sp³-hybridized carbons (Fsp3) is 0.714. The number of aromatic nitrogens is 2. The van der Waals surface area contributed by atoms with Crippen LogP contribution in [0.25, 0.3) is 0 Å². The fourth-order valence-electron chi connectivity index (χ4n) is 2.10. The zero-order valence-corrected chi connectivity index (χ0v) is 13.3. The third-order valence-electron chi connectivity index (χ3n) is 3.35. The van der Waals surface area contributed by atoms with Gasteiger partial charge in [-0.15, -0.1) is 0 Å². The smallest absolute Gasteiger partial charge is 0.372 e. The Labute approximate surface area is 130 Å². The molecule has 8 nitrogen and oxygen atoms in total. The molecule has 1 N–H and O–H groups in total. The lowest BCUT2D eigenvalue weighted by atomic mass is 10.3. The second kappa shape index (κ2) is 7.35. The van der Waals surface area contributed by atoms with E-state index in [-0.39, 0.29) is 17.4 Å².